The van der Waals surface area contributed by atoms with Gasteiger partial charge in [0.1, 0.15) is 0 Å². The summed E-state index contributed by atoms with van der Waals surface area (Å²) >= 11 is 1.70. The van der Waals surface area contributed by atoms with Crippen molar-refractivity contribution in [1.29, 1.82) is 0 Å². The van der Waals surface area contributed by atoms with E-state index in [2.05, 4.69) is 5.92 Å². The molecule has 0 aromatic carbocycles. The maximum Gasteiger partial charge on any atom is 0.0431 e. The highest BCUT2D eigenvalue weighted by atomic mass is 32.1. The van der Waals surface area contributed by atoms with Crippen molar-refractivity contribution in [3.63, 3.8) is 0 Å². The lowest BCUT2D eigenvalue weighted by molar-refractivity contribution is 1.42. The predicted octanol–water partition coefficient (Wildman–Crippen LogP) is 1.92. The van der Waals surface area contributed by atoms with Gasteiger partial charge in [-0.15, -0.1) is 23.7 Å². The summed E-state index contributed by atoms with van der Waals surface area (Å²) < 4.78 is 0. The fraction of sp³-hybridized carbons (Fsp3) is 0.143. The van der Waals surface area contributed by atoms with Crippen LogP contribution in [0.2, 0.25) is 0 Å². The molecule has 0 atom stereocenters. The Bertz CT molecular complexity index is 179. The summed E-state index contributed by atoms with van der Waals surface area (Å²) in [5.41, 5.74) is 0. The molecule has 0 saturated heterocycles. The molecule has 0 spiro atoms. The molecule has 1 heterocycles. The Labute approximate surface area is 53.2 Å². The van der Waals surface area contributed by atoms with Gasteiger partial charge in [-0.25, -0.2) is 0 Å². The maximum absolute atomic E-state index is 5.08. The third-order valence-corrected chi connectivity index (χ3v) is 1.73. The molecule has 8 heavy (non-hydrogen) atoms. The lowest BCUT2D eigenvalue weighted by Gasteiger charge is -1.78. The first-order valence-electron chi connectivity index (χ1n) is 2.39. The normalized spacial score (nSPS) is 8.38. The molecule has 0 saturated carbocycles. The molecule has 0 amide bonds. The van der Waals surface area contributed by atoms with E-state index in [1.54, 1.807) is 11.3 Å². The van der Waals surface area contributed by atoms with Crippen molar-refractivity contribution in [3.8, 4) is 12.3 Å². The van der Waals surface area contributed by atoms with Gasteiger partial charge >= 0.3 is 0 Å². The van der Waals surface area contributed by atoms with E-state index in [-0.39, 0.29) is 0 Å². The van der Waals surface area contributed by atoms with Crippen molar-refractivity contribution in [2.45, 2.75) is 6.42 Å². The SMILES string of the molecule is C#CCc1cccs1. The van der Waals surface area contributed by atoms with E-state index in [0.29, 0.717) is 0 Å². The third kappa shape index (κ3) is 1.11. The van der Waals surface area contributed by atoms with Crippen LogP contribution >= 0.6 is 11.3 Å². The van der Waals surface area contributed by atoms with Gasteiger partial charge in [-0.3, -0.25) is 0 Å². The fourth-order valence-electron chi connectivity index (χ4n) is 0.514. The van der Waals surface area contributed by atoms with Crippen molar-refractivity contribution in [2.75, 3.05) is 0 Å². The standard InChI is InChI=1S/C7H6S/c1-2-4-7-5-3-6-8-7/h1,3,5-6H,4H2. The van der Waals surface area contributed by atoms with Crippen LogP contribution in [0.4, 0.5) is 0 Å². The number of terminal acetylenes is 1. The van der Waals surface area contributed by atoms with Crippen molar-refractivity contribution in [2.24, 2.45) is 0 Å². The van der Waals surface area contributed by atoms with Gasteiger partial charge in [-0.05, 0) is 11.4 Å². The van der Waals surface area contributed by atoms with Gasteiger partial charge < -0.3 is 0 Å². The largest absolute Gasteiger partial charge is 0.148 e. The van der Waals surface area contributed by atoms with E-state index < -0.39 is 0 Å². The van der Waals surface area contributed by atoms with Crippen LogP contribution in [0.25, 0.3) is 0 Å². The molecule has 0 aliphatic heterocycles. The Morgan fingerprint density at radius 2 is 2.62 bits per heavy atom. The van der Waals surface area contributed by atoms with Gasteiger partial charge in [0.2, 0.25) is 0 Å². The monoisotopic (exact) mass is 122 g/mol. The first kappa shape index (κ1) is 5.40. The van der Waals surface area contributed by atoms with E-state index in [1.165, 1.54) is 4.88 Å². The molecule has 1 aromatic heterocycles. The van der Waals surface area contributed by atoms with Gasteiger partial charge in [-0.1, -0.05) is 6.07 Å². The molecule has 40 valence electrons. The molecule has 1 aromatic rings. The summed E-state index contributed by atoms with van der Waals surface area (Å²) in [4.78, 5) is 1.27. The van der Waals surface area contributed by atoms with Gasteiger partial charge in [-0.2, -0.15) is 0 Å². The number of hydrogen-bond acceptors (Lipinski definition) is 1. The first-order chi connectivity index (χ1) is 3.93. The van der Waals surface area contributed by atoms with Gasteiger partial charge in [0.15, 0.2) is 0 Å². The summed E-state index contributed by atoms with van der Waals surface area (Å²) in [6.45, 7) is 0. The smallest absolute Gasteiger partial charge is 0.0431 e. The molecule has 0 bridgehead atoms. The molecule has 0 N–H and O–H groups in total. The predicted molar refractivity (Wildman–Crippen MR) is 36.9 cm³/mol. The summed E-state index contributed by atoms with van der Waals surface area (Å²) in [5, 5.41) is 2.03. The average molecular weight is 122 g/mol. The second-order valence-corrected chi connectivity index (χ2v) is 2.49. The van der Waals surface area contributed by atoms with Crippen molar-refractivity contribution in [3.05, 3.63) is 22.4 Å². The zero-order valence-electron chi connectivity index (χ0n) is 4.42. The number of rotatable bonds is 1. The Morgan fingerprint density at radius 3 is 3.12 bits per heavy atom. The molecule has 1 rings (SSSR count). The van der Waals surface area contributed by atoms with Crippen LogP contribution in [0, 0.1) is 12.3 Å². The second-order valence-electron chi connectivity index (χ2n) is 1.46. The second kappa shape index (κ2) is 2.54. The highest BCUT2D eigenvalue weighted by Gasteiger charge is 1.85. The first-order valence-corrected chi connectivity index (χ1v) is 3.27. The van der Waals surface area contributed by atoms with E-state index in [1.807, 2.05) is 17.5 Å². The Morgan fingerprint density at radius 1 is 1.75 bits per heavy atom. The van der Waals surface area contributed by atoms with Crippen LogP contribution < -0.4 is 0 Å². The Kier molecular flexibility index (Phi) is 1.71. The lowest BCUT2D eigenvalue weighted by atomic mass is 10.4. The van der Waals surface area contributed by atoms with Gasteiger partial charge in [0.25, 0.3) is 0 Å². The number of hydrogen-bond donors (Lipinski definition) is 0. The highest BCUT2D eigenvalue weighted by molar-refractivity contribution is 7.09. The van der Waals surface area contributed by atoms with E-state index in [4.69, 9.17) is 6.42 Å². The topological polar surface area (TPSA) is 0 Å². The zero-order chi connectivity index (χ0) is 5.82. The summed E-state index contributed by atoms with van der Waals surface area (Å²) in [6, 6.07) is 4.06. The van der Waals surface area contributed by atoms with Gasteiger partial charge in [0, 0.05) is 11.3 Å². The van der Waals surface area contributed by atoms with Crippen LogP contribution in [0.1, 0.15) is 4.88 Å². The fourth-order valence-corrected chi connectivity index (χ4v) is 1.17. The molecule has 0 unspecified atom stereocenters. The van der Waals surface area contributed by atoms with Crippen molar-refractivity contribution < 1.29 is 0 Å². The summed E-state index contributed by atoms with van der Waals surface area (Å²) in [6.07, 6.45) is 5.85. The highest BCUT2D eigenvalue weighted by Crippen LogP contribution is 2.07. The Hall–Kier alpha value is -0.740. The average Bonchev–Trinajstić information content (AvgIpc) is 2.19. The number of thiophene rings is 1. The molecule has 0 nitrogen and oxygen atoms in total. The quantitative estimate of drug-likeness (QED) is 0.499. The van der Waals surface area contributed by atoms with Crippen LogP contribution in [-0.4, -0.2) is 0 Å². The summed E-state index contributed by atoms with van der Waals surface area (Å²) in [7, 11) is 0. The zero-order valence-corrected chi connectivity index (χ0v) is 5.24. The minimum absolute atomic E-state index is 0.775. The molecular weight excluding hydrogens is 116 g/mol. The molecule has 0 fully saturated rings. The van der Waals surface area contributed by atoms with E-state index >= 15 is 0 Å². The molecule has 0 aliphatic rings. The molecular formula is C7H6S. The third-order valence-electron chi connectivity index (χ3n) is 0.856. The van der Waals surface area contributed by atoms with E-state index in [9.17, 15) is 0 Å². The minimum atomic E-state index is 0.775. The van der Waals surface area contributed by atoms with Crippen LogP contribution in [0.5, 0.6) is 0 Å². The molecule has 1 heteroatoms. The van der Waals surface area contributed by atoms with Crippen LogP contribution in [-0.2, 0) is 6.42 Å². The Balaban J connectivity index is 2.67. The van der Waals surface area contributed by atoms with Crippen LogP contribution in [0.15, 0.2) is 17.5 Å². The van der Waals surface area contributed by atoms with Crippen molar-refractivity contribution in [1.82, 2.24) is 0 Å². The van der Waals surface area contributed by atoms with E-state index in [0.717, 1.165) is 6.42 Å². The van der Waals surface area contributed by atoms with Gasteiger partial charge in [0.05, 0.1) is 0 Å². The van der Waals surface area contributed by atoms with Crippen molar-refractivity contribution >= 4 is 11.3 Å². The maximum atomic E-state index is 5.08. The summed E-state index contributed by atoms with van der Waals surface area (Å²) in [5.74, 6) is 2.58. The molecule has 0 radical (unpaired) electrons. The minimum Gasteiger partial charge on any atom is -0.148 e. The lowest BCUT2D eigenvalue weighted by Crippen LogP contribution is -1.67. The van der Waals surface area contributed by atoms with Crippen LogP contribution in [0.3, 0.4) is 0 Å². The molecule has 0 aliphatic carbocycles.